The van der Waals surface area contributed by atoms with Crippen molar-refractivity contribution in [1.29, 1.82) is 0 Å². The highest BCUT2D eigenvalue weighted by molar-refractivity contribution is 7.91. The molecule has 2 saturated carbocycles. The molecule has 16 heteroatoms. The highest BCUT2D eigenvalue weighted by Crippen LogP contribution is 2.46. The van der Waals surface area contributed by atoms with Crippen LogP contribution in [0.3, 0.4) is 0 Å². The standard InChI is InChI=1S/C34H45N5O10S/c1-33(2,3)49-31(43)35-25-20-47-16-8-4-5-10-22-18-34(22,30(42)37-50(45,46)24-12-13-24)36-28(40)27-17-23(19-39(27)29(25)41)48-32(44)38-15-14-21-9-6-7-11-26(21)38/h5-7,9-11,22-25,27H,4,8,12-20H2,1-3H3,(H,35,43)(H,36,40)(H,37,42)/b10-5-/t22?,23-,25-,27?,34?/m1/s1. The molecule has 50 heavy (non-hydrogen) atoms. The predicted molar refractivity (Wildman–Crippen MR) is 179 cm³/mol. The summed E-state index contributed by atoms with van der Waals surface area (Å²) in [4.78, 5) is 70.9. The first-order valence-electron chi connectivity index (χ1n) is 17.2. The molecule has 272 valence electrons. The smallest absolute Gasteiger partial charge is 0.414 e. The van der Waals surface area contributed by atoms with E-state index in [-0.39, 0.29) is 32.6 Å². The van der Waals surface area contributed by atoms with E-state index in [9.17, 15) is 32.4 Å². The molecule has 3 fully saturated rings. The van der Waals surface area contributed by atoms with Gasteiger partial charge in [-0.2, -0.15) is 0 Å². The van der Waals surface area contributed by atoms with Crippen molar-refractivity contribution in [3.63, 3.8) is 0 Å². The predicted octanol–water partition coefficient (Wildman–Crippen LogP) is 1.90. The Bertz CT molecular complexity index is 1670. The Labute approximate surface area is 291 Å². The number of nitrogens with one attached hydrogen (secondary N) is 3. The van der Waals surface area contributed by atoms with E-state index in [1.54, 1.807) is 26.8 Å². The summed E-state index contributed by atoms with van der Waals surface area (Å²) in [5.74, 6) is -2.71. The molecule has 1 aromatic rings. The van der Waals surface area contributed by atoms with Crippen molar-refractivity contribution < 1.29 is 46.6 Å². The van der Waals surface area contributed by atoms with Crippen LogP contribution in [0.1, 0.15) is 64.9 Å². The van der Waals surface area contributed by atoms with Gasteiger partial charge < -0.3 is 29.7 Å². The molecule has 3 N–H and O–H groups in total. The lowest BCUT2D eigenvalue weighted by Crippen LogP contribution is -2.59. The molecule has 0 spiro atoms. The molecular weight excluding hydrogens is 670 g/mol. The second kappa shape index (κ2) is 13.9. The number of hydrogen-bond acceptors (Lipinski definition) is 10. The maximum absolute atomic E-state index is 14.2. The number of sulfonamides is 1. The minimum absolute atomic E-state index is 0.0998. The van der Waals surface area contributed by atoms with E-state index < -0.39 is 80.4 Å². The number of ether oxygens (including phenoxy) is 3. The SMILES string of the molecule is CC(C)(C)OC(=O)N[C@@H]1COCCC/C=C\C2CC2(C(=O)NS(=O)(=O)C2CC2)NC(=O)C2C[C@@H](OC(=O)N3CCc4ccccc43)CN2C1=O. The topological polar surface area (TPSA) is 190 Å². The Morgan fingerprint density at radius 3 is 2.62 bits per heavy atom. The van der Waals surface area contributed by atoms with Gasteiger partial charge in [-0.3, -0.25) is 24.0 Å². The molecule has 0 radical (unpaired) electrons. The summed E-state index contributed by atoms with van der Waals surface area (Å²) in [6.07, 6.45) is 3.97. The van der Waals surface area contributed by atoms with Crippen molar-refractivity contribution >= 4 is 45.6 Å². The van der Waals surface area contributed by atoms with Gasteiger partial charge in [0.1, 0.15) is 29.3 Å². The van der Waals surface area contributed by atoms with Crippen LogP contribution in [-0.4, -0.2) is 104 Å². The minimum Gasteiger partial charge on any atom is -0.444 e. The van der Waals surface area contributed by atoms with Crippen LogP contribution in [0.5, 0.6) is 0 Å². The second-order valence-corrected chi connectivity index (χ2v) is 16.5. The van der Waals surface area contributed by atoms with E-state index in [1.807, 2.05) is 30.3 Å². The fraction of sp³-hybridized carbons (Fsp3) is 0.618. The molecule has 5 amide bonds. The number of amides is 5. The average molecular weight is 716 g/mol. The monoisotopic (exact) mass is 715 g/mol. The summed E-state index contributed by atoms with van der Waals surface area (Å²) in [5.41, 5.74) is -0.690. The fourth-order valence-electron chi connectivity index (χ4n) is 6.67. The van der Waals surface area contributed by atoms with Crippen molar-refractivity contribution in [2.45, 2.75) is 100 Å². The first-order chi connectivity index (χ1) is 23.7. The van der Waals surface area contributed by atoms with Gasteiger partial charge >= 0.3 is 12.2 Å². The van der Waals surface area contributed by atoms with Crippen LogP contribution in [-0.2, 0) is 45.0 Å². The third-order valence-electron chi connectivity index (χ3n) is 9.49. The number of anilines is 1. The Hall–Kier alpha value is -4.18. The average Bonchev–Trinajstić information content (AvgIpc) is 3.93. The molecule has 0 bridgehead atoms. The first kappa shape index (κ1) is 35.6. The first-order valence-corrected chi connectivity index (χ1v) is 18.7. The maximum atomic E-state index is 14.2. The molecule has 1 saturated heterocycles. The summed E-state index contributed by atoms with van der Waals surface area (Å²) in [7, 11) is -3.91. The quantitative estimate of drug-likeness (QED) is 0.380. The molecule has 3 aliphatic heterocycles. The summed E-state index contributed by atoms with van der Waals surface area (Å²) < 4.78 is 44.7. The van der Waals surface area contributed by atoms with Crippen molar-refractivity contribution in [2.24, 2.45) is 5.92 Å². The van der Waals surface area contributed by atoms with E-state index in [0.29, 0.717) is 38.6 Å². The van der Waals surface area contributed by atoms with Gasteiger partial charge in [-0.25, -0.2) is 18.0 Å². The number of rotatable bonds is 5. The number of alkyl carbamates (subject to hydrolysis) is 1. The lowest BCUT2D eigenvalue weighted by molar-refractivity contribution is -0.142. The zero-order valence-electron chi connectivity index (χ0n) is 28.5. The van der Waals surface area contributed by atoms with Crippen LogP contribution in [0.15, 0.2) is 36.4 Å². The van der Waals surface area contributed by atoms with E-state index in [2.05, 4.69) is 15.4 Å². The lowest BCUT2D eigenvalue weighted by atomic mass is 10.1. The molecule has 6 rings (SSSR count). The van der Waals surface area contributed by atoms with E-state index in [1.165, 1.54) is 9.80 Å². The van der Waals surface area contributed by atoms with Crippen molar-refractivity contribution in [1.82, 2.24) is 20.3 Å². The second-order valence-electron chi connectivity index (χ2n) is 14.6. The van der Waals surface area contributed by atoms with Gasteiger partial charge in [0.2, 0.25) is 21.8 Å². The molecule has 5 aliphatic rings. The molecule has 0 aromatic heterocycles. The van der Waals surface area contributed by atoms with Crippen LogP contribution in [0.2, 0.25) is 0 Å². The molecular formula is C34H45N5O10S. The number of hydrogen-bond donors (Lipinski definition) is 3. The van der Waals surface area contributed by atoms with Crippen LogP contribution >= 0.6 is 0 Å². The maximum Gasteiger partial charge on any atom is 0.414 e. The number of fused-ring (bicyclic) bond motifs is 3. The largest absolute Gasteiger partial charge is 0.444 e. The van der Waals surface area contributed by atoms with E-state index in [4.69, 9.17) is 14.2 Å². The Balaban J connectivity index is 1.26. The Kier molecular flexibility index (Phi) is 9.87. The molecule has 15 nitrogen and oxygen atoms in total. The highest BCUT2D eigenvalue weighted by Gasteiger charge is 2.62. The normalized spacial score (nSPS) is 29.3. The van der Waals surface area contributed by atoms with Crippen molar-refractivity contribution in [2.75, 3.05) is 31.2 Å². The summed E-state index contributed by atoms with van der Waals surface area (Å²) in [5, 5.41) is 4.71. The third kappa shape index (κ3) is 7.90. The van der Waals surface area contributed by atoms with Gasteiger partial charge in [0.25, 0.3) is 5.91 Å². The molecule has 3 heterocycles. The summed E-state index contributed by atoms with van der Waals surface area (Å²) in [6.45, 7) is 5.31. The van der Waals surface area contributed by atoms with Gasteiger partial charge in [-0.15, -0.1) is 0 Å². The van der Waals surface area contributed by atoms with Gasteiger partial charge in [0.15, 0.2) is 0 Å². The Morgan fingerprint density at radius 2 is 1.88 bits per heavy atom. The molecule has 1 aromatic carbocycles. The van der Waals surface area contributed by atoms with Gasteiger partial charge in [-0.05, 0) is 70.9 Å². The van der Waals surface area contributed by atoms with Crippen molar-refractivity contribution in [3.05, 3.63) is 42.0 Å². The van der Waals surface area contributed by atoms with E-state index in [0.717, 1.165) is 11.3 Å². The third-order valence-corrected chi connectivity index (χ3v) is 11.3. The number of allylic oxidation sites excluding steroid dienone is 1. The van der Waals surface area contributed by atoms with Crippen LogP contribution in [0.25, 0.3) is 0 Å². The fourth-order valence-corrected chi connectivity index (χ4v) is 8.03. The van der Waals surface area contributed by atoms with Crippen molar-refractivity contribution in [3.8, 4) is 0 Å². The number of carbonyl (C=O) groups excluding carboxylic acids is 5. The Morgan fingerprint density at radius 1 is 1.12 bits per heavy atom. The van der Waals surface area contributed by atoms with Crippen LogP contribution < -0.4 is 20.3 Å². The lowest BCUT2D eigenvalue weighted by Gasteiger charge is -2.30. The van der Waals surface area contributed by atoms with Crippen LogP contribution in [0, 0.1) is 5.92 Å². The highest BCUT2D eigenvalue weighted by atomic mass is 32.2. The van der Waals surface area contributed by atoms with Crippen LogP contribution in [0.4, 0.5) is 15.3 Å². The summed E-state index contributed by atoms with van der Waals surface area (Å²) >= 11 is 0. The van der Waals surface area contributed by atoms with Gasteiger partial charge in [0, 0.05) is 25.5 Å². The van der Waals surface area contributed by atoms with Gasteiger partial charge in [-0.1, -0.05) is 30.4 Å². The number of nitrogens with zero attached hydrogens (tertiary/aromatic N) is 2. The zero-order chi connectivity index (χ0) is 35.8. The number of carbonyl (C=O) groups is 5. The summed E-state index contributed by atoms with van der Waals surface area (Å²) in [6, 6.07) is 4.98. The molecule has 5 atom stereocenters. The molecule has 2 aliphatic carbocycles. The minimum atomic E-state index is -3.91. The molecule has 3 unspecified atom stereocenters. The zero-order valence-corrected chi connectivity index (χ0v) is 29.3. The van der Waals surface area contributed by atoms with E-state index >= 15 is 0 Å². The number of para-hydroxylation sites is 1. The number of benzene rings is 1. The van der Waals surface area contributed by atoms with Gasteiger partial charge in [0.05, 0.1) is 24.1 Å².